The van der Waals surface area contributed by atoms with Crippen LogP contribution in [0, 0.1) is 6.92 Å². The number of nitrogens with zero attached hydrogens (tertiary/aromatic N) is 3. The third-order valence-corrected chi connectivity index (χ3v) is 4.93. The van der Waals surface area contributed by atoms with Crippen molar-refractivity contribution in [2.45, 2.75) is 33.2 Å². The SMILES string of the molecule is CCOCC(=O)CCCOCCOCCOCCOCCOCCOCCOCCOCCn1cc(C)nn1. The summed E-state index contributed by atoms with van der Waals surface area (Å²) in [6, 6.07) is 0. The third kappa shape index (κ3) is 25.2. The van der Waals surface area contributed by atoms with Crippen molar-refractivity contribution in [3.63, 3.8) is 0 Å². The molecule has 13 heteroatoms. The average molecular weight is 564 g/mol. The van der Waals surface area contributed by atoms with Gasteiger partial charge in [0.1, 0.15) is 6.61 Å². The summed E-state index contributed by atoms with van der Waals surface area (Å²) in [5.74, 6) is 0.109. The summed E-state index contributed by atoms with van der Waals surface area (Å²) in [6.45, 7) is 13.5. The number of rotatable bonds is 31. The molecule has 0 aliphatic carbocycles. The molecule has 0 atom stereocenters. The minimum absolute atomic E-state index is 0.109. The van der Waals surface area contributed by atoms with E-state index < -0.39 is 0 Å². The quantitative estimate of drug-likeness (QED) is 0.120. The molecule has 0 amide bonds. The van der Waals surface area contributed by atoms with Crippen molar-refractivity contribution in [1.82, 2.24) is 15.0 Å². The molecular weight excluding hydrogens is 514 g/mol. The summed E-state index contributed by atoms with van der Waals surface area (Å²) < 4.78 is 50.5. The molecule has 0 aliphatic rings. The van der Waals surface area contributed by atoms with Gasteiger partial charge < -0.3 is 42.6 Å². The van der Waals surface area contributed by atoms with Gasteiger partial charge in [0, 0.05) is 25.8 Å². The number of hydrogen-bond acceptors (Lipinski definition) is 12. The number of carbonyl (C=O) groups is 1. The number of aryl methyl sites for hydroxylation is 1. The molecule has 0 saturated heterocycles. The molecular formula is C26H49N3O10. The van der Waals surface area contributed by atoms with E-state index in [1.54, 1.807) is 4.68 Å². The van der Waals surface area contributed by atoms with Gasteiger partial charge in [0.25, 0.3) is 0 Å². The van der Waals surface area contributed by atoms with Crippen LogP contribution < -0.4 is 0 Å². The molecule has 0 fully saturated rings. The van der Waals surface area contributed by atoms with Crippen LogP contribution in [0.4, 0.5) is 0 Å². The average Bonchev–Trinajstić information content (AvgIpc) is 3.36. The number of carbonyl (C=O) groups excluding carboxylic acids is 1. The first-order valence-electron chi connectivity index (χ1n) is 13.8. The highest BCUT2D eigenvalue weighted by atomic mass is 16.6. The minimum atomic E-state index is 0.109. The Kier molecular flexibility index (Phi) is 25.5. The first-order valence-corrected chi connectivity index (χ1v) is 13.8. The zero-order chi connectivity index (χ0) is 28.1. The summed E-state index contributed by atoms with van der Waals surface area (Å²) in [5, 5.41) is 7.88. The Morgan fingerprint density at radius 2 is 1.05 bits per heavy atom. The van der Waals surface area contributed by atoms with Crippen LogP contribution in [-0.4, -0.2) is 140 Å². The van der Waals surface area contributed by atoms with Gasteiger partial charge in [-0.2, -0.15) is 0 Å². The molecule has 0 unspecified atom stereocenters. The molecule has 1 rings (SSSR count). The van der Waals surface area contributed by atoms with E-state index in [2.05, 4.69) is 10.3 Å². The molecule has 0 spiro atoms. The maximum Gasteiger partial charge on any atom is 0.158 e. The Balaban J connectivity index is 1.64. The predicted molar refractivity (Wildman–Crippen MR) is 142 cm³/mol. The number of ether oxygens (including phenoxy) is 9. The highest BCUT2D eigenvalue weighted by Gasteiger charge is 2.01. The molecule has 1 aromatic heterocycles. The molecule has 228 valence electrons. The minimum Gasteiger partial charge on any atom is -0.379 e. The summed E-state index contributed by atoms with van der Waals surface area (Å²) in [6.07, 6.45) is 3.07. The Hall–Kier alpha value is -1.55. The summed E-state index contributed by atoms with van der Waals surface area (Å²) in [5.41, 5.74) is 0.897. The topological polar surface area (TPSA) is 131 Å². The molecule has 0 aromatic carbocycles. The van der Waals surface area contributed by atoms with Crippen molar-refractivity contribution < 1.29 is 47.4 Å². The van der Waals surface area contributed by atoms with Gasteiger partial charge in [0.15, 0.2) is 5.78 Å². The first-order chi connectivity index (χ1) is 19.2. The molecule has 0 radical (unpaired) electrons. The normalized spacial score (nSPS) is 11.4. The van der Waals surface area contributed by atoms with Gasteiger partial charge in [-0.15, -0.1) is 5.10 Å². The lowest BCUT2D eigenvalue weighted by atomic mass is 10.2. The van der Waals surface area contributed by atoms with Crippen LogP contribution in [0.5, 0.6) is 0 Å². The van der Waals surface area contributed by atoms with Crippen molar-refractivity contribution in [2.24, 2.45) is 0 Å². The molecule has 0 bridgehead atoms. The standard InChI is InChI=1S/C26H49N3O10/c1-3-31-24-26(30)5-4-7-32-9-11-34-13-15-36-17-19-38-21-22-39-20-18-37-16-14-35-12-10-33-8-6-29-23-25(2)27-28-29/h23H,3-22,24H2,1-2H3. The van der Waals surface area contributed by atoms with E-state index in [4.69, 9.17) is 42.6 Å². The molecule has 1 heterocycles. The van der Waals surface area contributed by atoms with E-state index in [1.807, 2.05) is 20.0 Å². The van der Waals surface area contributed by atoms with Gasteiger partial charge in [-0.05, 0) is 20.3 Å². The van der Waals surface area contributed by atoms with Crippen LogP contribution in [-0.2, 0) is 54.0 Å². The Labute approximate surface area is 232 Å². The van der Waals surface area contributed by atoms with E-state index in [0.29, 0.717) is 132 Å². The molecule has 39 heavy (non-hydrogen) atoms. The monoisotopic (exact) mass is 563 g/mol. The van der Waals surface area contributed by atoms with Crippen LogP contribution in [0.15, 0.2) is 6.20 Å². The van der Waals surface area contributed by atoms with Gasteiger partial charge in [0.2, 0.25) is 0 Å². The number of aromatic nitrogens is 3. The molecule has 0 N–H and O–H groups in total. The largest absolute Gasteiger partial charge is 0.379 e. The highest BCUT2D eigenvalue weighted by molar-refractivity contribution is 5.79. The van der Waals surface area contributed by atoms with Gasteiger partial charge in [-0.3, -0.25) is 4.79 Å². The summed E-state index contributed by atoms with van der Waals surface area (Å²) in [4.78, 5) is 11.4. The molecule has 0 aliphatic heterocycles. The van der Waals surface area contributed by atoms with E-state index in [9.17, 15) is 4.79 Å². The lowest BCUT2D eigenvalue weighted by Gasteiger charge is -2.08. The van der Waals surface area contributed by atoms with Gasteiger partial charge >= 0.3 is 0 Å². The zero-order valence-corrected chi connectivity index (χ0v) is 23.9. The molecule has 1 aromatic rings. The van der Waals surface area contributed by atoms with Crippen LogP contribution in [0.2, 0.25) is 0 Å². The predicted octanol–water partition coefficient (Wildman–Crippen LogP) is 1.11. The van der Waals surface area contributed by atoms with Crippen LogP contribution in [0.1, 0.15) is 25.5 Å². The van der Waals surface area contributed by atoms with Crippen LogP contribution >= 0.6 is 0 Å². The van der Waals surface area contributed by atoms with Crippen molar-refractivity contribution in [2.75, 3.05) is 119 Å². The fourth-order valence-corrected chi connectivity index (χ4v) is 2.96. The fourth-order valence-electron chi connectivity index (χ4n) is 2.96. The maximum absolute atomic E-state index is 11.4. The second kappa shape index (κ2) is 28.0. The second-order valence-corrected chi connectivity index (χ2v) is 8.30. The van der Waals surface area contributed by atoms with E-state index in [0.717, 1.165) is 5.69 Å². The molecule has 13 nitrogen and oxygen atoms in total. The second-order valence-electron chi connectivity index (χ2n) is 8.30. The number of hydrogen-bond donors (Lipinski definition) is 0. The summed E-state index contributed by atoms with van der Waals surface area (Å²) >= 11 is 0. The van der Waals surface area contributed by atoms with Crippen molar-refractivity contribution in [3.8, 4) is 0 Å². The van der Waals surface area contributed by atoms with E-state index >= 15 is 0 Å². The fraction of sp³-hybridized carbons (Fsp3) is 0.885. The third-order valence-electron chi connectivity index (χ3n) is 4.93. The van der Waals surface area contributed by atoms with E-state index in [-0.39, 0.29) is 12.4 Å². The Morgan fingerprint density at radius 3 is 1.44 bits per heavy atom. The lowest BCUT2D eigenvalue weighted by Crippen LogP contribution is -2.15. The first kappa shape index (κ1) is 35.5. The van der Waals surface area contributed by atoms with Gasteiger partial charge in [0.05, 0.1) is 111 Å². The Bertz CT molecular complexity index is 666. The van der Waals surface area contributed by atoms with Gasteiger partial charge in [-0.1, -0.05) is 5.21 Å². The lowest BCUT2D eigenvalue weighted by molar-refractivity contribution is -0.123. The van der Waals surface area contributed by atoms with Crippen molar-refractivity contribution in [1.29, 1.82) is 0 Å². The van der Waals surface area contributed by atoms with E-state index in [1.165, 1.54) is 0 Å². The van der Waals surface area contributed by atoms with Crippen molar-refractivity contribution in [3.05, 3.63) is 11.9 Å². The van der Waals surface area contributed by atoms with Crippen LogP contribution in [0.3, 0.4) is 0 Å². The number of ketones is 1. The Morgan fingerprint density at radius 1 is 0.641 bits per heavy atom. The zero-order valence-electron chi connectivity index (χ0n) is 23.9. The summed E-state index contributed by atoms with van der Waals surface area (Å²) in [7, 11) is 0. The van der Waals surface area contributed by atoms with Crippen molar-refractivity contribution >= 4 is 5.78 Å². The number of Topliss-reactive ketones (excluding diaryl/α,β-unsaturated/α-hetero) is 1. The smallest absolute Gasteiger partial charge is 0.158 e. The highest BCUT2D eigenvalue weighted by Crippen LogP contribution is 1.94. The van der Waals surface area contributed by atoms with Gasteiger partial charge in [-0.25, -0.2) is 4.68 Å². The molecule has 0 saturated carbocycles. The van der Waals surface area contributed by atoms with Crippen LogP contribution in [0.25, 0.3) is 0 Å². The maximum atomic E-state index is 11.4.